The van der Waals surface area contributed by atoms with Gasteiger partial charge in [0.1, 0.15) is 11.4 Å². The molecule has 2 unspecified atom stereocenters. The molecule has 2 fully saturated rings. The van der Waals surface area contributed by atoms with E-state index in [2.05, 4.69) is 25.5 Å². The number of benzene rings is 2. The van der Waals surface area contributed by atoms with Crippen molar-refractivity contribution in [1.82, 2.24) is 15.3 Å². The highest BCUT2D eigenvalue weighted by Crippen LogP contribution is 2.34. The zero-order valence-corrected chi connectivity index (χ0v) is 20.7. The van der Waals surface area contributed by atoms with E-state index >= 15 is 0 Å². The van der Waals surface area contributed by atoms with Crippen molar-refractivity contribution in [3.05, 3.63) is 64.8 Å². The normalized spacial score (nSPS) is 21.1. The Kier molecular flexibility index (Phi) is 5.91. The van der Waals surface area contributed by atoms with E-state index in [-0.39, 0.29) is 12.5 Å². The molecule has 0 saturated carbocycles. The second-order valence-corrected chi connectivity index (χ2v) is 10.0. The Morgan fingerprint density at radius 2 is 1.92 bits per heavy atom. The average Bonchev–Trinajstić information content (AvgIpc) is 3.23. The van der Waals surface area contributed by atoms with Gasteiger partial charge >= 0.3 is 0 Å². The number of aromatic nitrogens is 2. The van der Waals surface area contributed by atoms with E-state index in [0.29, 0.717) is 46.8 Å². The van der Waals surface area contributed by atoms with Crippen molar-refractivity contribution in [3.63, 3.8) is 0 Å². The van der Waals surface area contributed by atoms with Gasteiger partial charge in [0, 0.05) is 55.4 Å². The maximum Gasteiger partial charge on any atom is 0.265 e. The second kappa shape index (κ2) is 9.24. The number of nitrogens with zero attached hydrogens (tertiary/aromatic N) is 5. The highest BCUT2D eigenvalue weighted by molar-refractivity contribution is 6.34. The van der Waals surface area contributed by atoms with Crippen LogP contribution in [-0.2, 0) is 6.61 Å². The molecule has 3 aliphatic heterocycles. The fraction of sp³-hybridized carbons (Fsp3) is 0.346. The van der Waals surface area contributed by atoms with Gasteiger partial charge in [-0.3, -0.25) is 9.69 Å². The lowest BCUT2D eigenvalue weighted by Crippen LogP contribution is -2.51. The Morgan fingerprint density at radius 1 is 1.14 bits per heavy atom. The van der Waals surface area contributed by atoms with E-state index in [9.17, 15) is 9.90 Å². The first kappa shape index (κ1) is 23.0. The first-order valence-electron chi connectivity index (χ1n) is 12.2. The van der Waals surface area contributed by atoms with Crippen molar-refractivity contribution in [2.45, 2.75) is 31.5 Å². The van der Waals surface area contributed by atoms with Crippen molar-refractivity contribution >= 4 is 46.3 Å². The summed E-state index contributed by atoms with van der Waals surface area (Å²) in [4.78, 5) is 28.1. The number of nitrogens with one attached hydrogen (secondary N) is 2. The first-order chi connectivity index (χ1) is 17.5. The van der Waals surface area contributed by atoms with Crippen molar-refractivity contribution in [3.8, 4) is 0 Å². The lowest BCUT2D eigenvalue weighted by atomic mass is 10.1. The van der Waals surface area contributed by atoms with Gasteiger partial charge < -0.3 is 25.5 Å². The summed E-state index contributed by atoms with van der Waals surface area (Å²) in [5, 5.41) is 17.5. The van der Waals surface area contributed by atoms with Gasteiger partial charge in [-0.1, -0.05) is 23.7 Å². The molecule has 1 aromatic heterocycles. The number of hydrogen-bond donors (Lipinski definition) is 3. The molecule has 2 atom stereocenters. The highest BCUT2D eigenvalue weighted by atomic mass is 35.5. The molecule has 3 N–H and O–H groups in total. The van der Waals surface area contributed by atoms with Crippen molar-refractivity contribution < 1.29 is 9.90 Å². The van der Waals surface area contributed by atoms with Gasteiger partial charge in [-0.2, -0.15) is 4.98 Å². The summed E-state index contributed by atoms with van der Waals surface area (Å²) in [6, 6.07) is 14.3. The molecule has 4 heterocycles. The summed E-state index contributed by atoms with van der Waals surface area (Å²) < 4.78 is 0. The smallest absolute Gasteiger partial charge is 0.265 e. The summed E-state index contributed by atoms with van der Waals surface area (Å²) in [5.74, 6) is 0.743. The van der Waals surface area contributed by atoms with E-state index in [1.165, 1.54) is 12.8 Å². The van der Waals surface area contributed by atoms with Gasteiger partial charge in [0.25, 0.3) is 5.91 Å². The lowest BCUT2D eigenvalue weighted by molar-refractivity contribution is 0.0982. The van der Waals surface area contributed by atoms with Crippen LogP contribution in [0.2, 0.25) is 5.02 Å². The van der Waals surface area contributed by atoms with E-state index in [0.717, 1.165) is 30.0 Å². The number of aliphatic hydroxyl groups is 1. The first-order valence-corrected chi connectivity index (χ1v) is 12.5. The number of carbonyl (C=O) groups excluding carboxylic acids is 1. The van der Waals surface area contributed by atoms with Crippen LogP contribution < -0.4 is 25.3 Å². The third-order valence-corrected chi connectivity index (χ3v) is 7.49. The van der Waals surface area contributed by atoms with Crippen molar-refractivity contribution in [2.75, 3.05) is 46.8 Å². The number of rotatable bonds is 5. The molecule has 186 valence electrons. The molecule has 36 heavy (non-hydrogen) atoms. The topological polar surface area (TPSA) is 96.9 Å². The third-order valence-electron chi connectivity index (χ3n) is 7.17. The van der Waals surface area contributed by atoms with Crippen LogP contribution in [0.15, 0.2) is 48.7 Å². The molecular formula is C26H28ClN7O2. The van der Waals surface area contributed by atoms with Gasteiger partial charge in [0.05, 0.1) is 24.0 Å². The van der Waals surface area contributed by atoms with E-state index in [1.54, 1.807) is 17.2 Å². The van der Waals surface area contributed by atoms with Crippen LogP contribution in [-0.4, -0.2) is 59.9 Å². The van der Waals surface area contributed by atoms with Crippen LogP contribution in [0.25, 0.3) is 0 Å². The van der Waals surface area contributed by atoms with Crippen LogP contribution in [0.4, 0.5) is 28.8 Å². The molecule has 0 spiro atoms. The molecule has 9 nitrogen and oxygen atoms in total. The highest BCUT2D eigenvalue weighted by Gasteiger charge is 2.33. The van der Waals surface area contributed by atoms with E-state index in [1.807, 2.05) is 48.3 Å². The summed E-state index contributed by atoms with van der Waals surface area (Å²) in [7, 11) is 1.88. The number of para-hydroxylation sites is 1. The number of carbonyl (C=O) groups is 1. The molecule has 2 saturated heterocycles. The largest absolute Gasteiger partial charge is 0.392 e. The van der Waals surface area contributed by atoms with E-state index in [4.69, 9.17) is 11.6 Å². The number of anilines is 5. The van der Waals surface area contributed by atoms with Gasteiger partial charge in [0.15, 0.2) is 0 Å². The number of fused-ring (bicyclic) bond motifs is 3. The minimum absolute atomic E-state index is 0.0513. The molecule has 3 aromatic rings. The lowest BCUT2D eigenvalue weighted by Gasteiger charge is -2.36. The zero-order valence-electron chi connectivity index (χ0n) is 20.0. The minimum atomic E-state index is -0.195. The molecule has 0 aliphatic carbocycles. The molecule has 6 rings (SSSR count). The Balaban J connectivity index is 1.23. The second-order valence-electron chi connectivity index (χ2n) is 9.62. The molecule has 1 amide bonds. The molecule has 0 radical (unpaired) electrons. The van der Waals surface area contributed by atoms with Crippen LogP contribution in [0, 0.1) is 0 Å². The number of hydrogen-bond acceptors (Lipinski definition) is 8. The molecule has 3 aliphatic rings. The summed E-state index contributed by atoms with van der Waals surface area (Å²) in [5.41, 5.74) is 3.77. The predicted octanol–water partition coefficient (Wildman–Crippen LogP) is 3.36. The van der Waals surface area contributed by atoms with Crippen molar-refractivity contribution in [2.24, 2.45) is 0 Å². The Hall–Kier alpha value is -3.40. The third kappa shape index (κ3) is 4.13. The van der Waals surface area contributed by atoms with Gasteiger partial charge in [-0.15, -0.1) is 0 Å². The quantitative estimate of drug-likeness (QED) is 0.486. The van der Waals surface area contributed by atoms with Gasteiger partial charge in [-0.25, -0.2) is 4.98 Å². The SMILES string of the molecule is CN1CN(c2ccccc2Cl)C(=O)c2cnc(Nc3ccc(N4CC5CCC(C4)N5)c(CO)c3)nc21. The fourth-order valence-electron chi connectivity index (χ4n) is 5.44. The van der Waals surface area contributed by atoms with Crippen LogP contribution in [0.5, 0.6) is 0 Å². The van der Waals surface area contributed by atoms with Crippen molar-refractivity contribution in [1.29, 1.82) is 0 Å². The summed E-state index contributed by atoms with van der Waals surface area (Å²) >= 11 is 6.34. The average molecular weight is 506 g/mol. The summed E-state index contributed by atoms with van der Waals surface area (Å²) in [6.45, 7) is 2.18. The zero-order chi connectivity index (χ0) is 24.8. The van der Waals surface area contributed by atoms with Crippen LogP contribution in [0.3, 0.4) is 0 Å². The molecule has 2 bridgehead atoms. The van der Waals surface area contributed by atoms with Crippen LogP contribution in [0.1, 0.15) is 28.8 Å². The number of halogens is 1. The molecule has 10 heteroatoms. The standard InChI is InChI=1S/C26H28ClN7O2/c1-32-15-34(23-5-3-2-4-21(23)27)25(36)20-11-28-26(31-24(20)32)30-17-8-9-22(16(10-17)14-35)33-12-18-6-7-19(13-33)29-18/h2-5,8-11,18-19,29,35H,6-7,12-15H2,1H3,(H,28,30,31). The number of piperazine rings is 1. The maximum atomic E-state index is 13.2. The summed E-state index contributed by atoms with van der Waals surface area (Å²) in [6.07, 6.45) is 3.96. The van der Waals surface area contributed by atoms with Gasteiger partial charge in [-0.05, 0) is 43.2 Å². The fourth-order valence-corrected chi connectivity index (χ4v) is 5.68. The van der Waals surface area contributed by atoms with Gasteiger partial charge in [0.2, 0.25) is 5.95 Å². The van der Waals surface area contributed by atoms with Crippen LogP contribution >= 0.6 is 11.6 Å². The maximum absolute atomic E-state index is 13.2. The number of amides is 1. The van der Waals surface area contributed by atoms with E-state index < -0.39 is 0 Å². The number of aliphatic hydroxyl groups excluding tert-OH is 1. The monoisotopic (exact) mass is 505 g/mol. The molecule has 2 aromatic carbocycles. The molecular weight excluding hydrogens is 478 g/mol. The Labute approximate surface area is 214 Å². The Bertz CT molecular complexity index is 1310. The minimum Gasteiger partial charge on any atom is -0.392 e. The Morgan fingerprint density at radius 3 is 2.67 bits per heavy atom. The predicted molar refractivity (Wildman–Crippen MR) is 141 cm³/mol.